The third kappa shape index (κ3) is 1.83. The highest BCUT2D eigenvalue weighted by Crippen LogP contribution is 2.44. The Hall–Kier alpha value is -1.66. The molecule has 0 saturated heterocycles. The number of allylic oxidation sites excluding steroid dienone is 1. The molecule has 1 aromatic carbocycles. The Bertz CT molecular complexity index is 561. The molecular formula is C14H12ClNO2. The van der Waals surface area contributed by atoms with Crippen molar-refractivity contribution >= 4 is 11.6 Å². The highest BCUT2D eigenvalue weighted by Gasteiger charge is 2.42. The minimum Gasteiger partial charge on any atom is -0.512 e. The van der Waals surface area contributed by atoms with Crippen molar-refractivity contribution in [1.29, 1.82) is 5.26 Å². The summed E-state index contributed by atoms with van der Waals surface area (Å²) in [6.07, 6.45) is 3.82. The van der Waals surface area contributed by atoms with Gasteiger partial charge in [0, 0.05) is 17.9 Å². The van der Waals surface area contributed by atoms with E-state index in [2.05, 4.69) is 0 Å². The van der Waals surface area contributed by atoms with Gasteiger partial charge in [0.1, 0.15) is 17.9 Å². The predicted octanol–water partition coefficient (Wildman–Crippen LogP) is 3.44. The van der Waals surface area contributed by atoms with E-state index >= 15 is 0 Å². The number of fused-ring (bicyclic) bond motifs is 2. The first-order chi connectivity index (χ1) is 8.67. The van der Waals surface area contributed by atoms with Crippen LogP contribution in [0.3, 0.4) is 0 Å². The van der Waals surface area contributed by atoms with Crippen LogP contribution >= 0.6 is 11.6 Å². The molecule has 0 radical (unpaired) electrons. The summed E-state index contributed by atoms with van der Waals surface area (Å²) in [5, 5.41) is 18.8. The first-order valence-corrected chi connectivity index (χ1v) is 6.32. The lowest BCUT2D eigenvalue weighted by atomic mass is 10.0. The average molecular weight is 262 g/mol. The Kier molecular flexibility index (Phi) is 2.68. The molecule has 1 fully saturated rings. The summed E-state index contributed by atoms with van der Waals surface area (Å²) in [6, 6.07) is 7.12. The van der Waals surface area contributed by atoms with E-state index in [0.29, 0.717) is 28.0 Å². The molecule has 1 aromatic rings. The van der Waals surface area contributed by atoms with E-state index in [0.717, 1.165) is 12.8 Å². The van der Waals surface area contributed by atoms with Crippen LogP contribution in [0.25, 0.3) is 0 Å². The molecule has 2 bridgehead atoms. The van der Waals surface area contributed by atoms with Gasteiger partial charge in [-0.2, -0.15) is 5.26 Å². The third-order valence-electron chi connectivity index (χ3n) is 3.70. The fraction of sp³-hybridized carbons (Fsp3) is 0.357. The largest absolute Gasteiger partial charge is 0.512 e. The van der Waals surface area contributed by atoms with Crippen molar-refractivity contribution in [1.82, 2.24) is 0 Å². The molecule has 3 rings (SSSR count). The molecule has 3 nitrogen and oxygen atoms in total. The number of rotatable bonds is 2. The average Bonchev–Trinajstić information content (AvgIpc) is 2.88. The fourth-order valence-electron chi connectivity index (χ4n) is 2.77. The van der Waals surface area contributed by atoms with E-state index < -0.39 is 0 Å². The Labute approximate surface area is 110 Å². The van der Waals surface area contributed by atoms with Crippen molar-refractivity contribution in [3.8, 4) is 11.8 Å². The lowest BCUT2D eigenvalue weighted by Crippen LogP contribution is -2.22. The van der Waals surface area contributed by atoms with Crippen LogP contribution in [0.1, 0.15) is 18.4 Å². The maximum absolute atomic E-state index is 9.56. The number of ether oxygens (including phenoxy) is 1. The lowest BCUT2D eigenvalue weighted by molar-refractivity contribution is 0.165. The molecule has 3 atom stereocenters. The molecule has 4 heteroatoms. The van der Waals surface area contributed by atoms with E-state index in [-0.39, 0.29) is 12.0 Å². The Balaban J connectivity index is 1.75. The molecule has 18 heavy (non-hydrogen) atoms. The van der Waals surface area contributed by atoms with Crippen LogP contribution in [0, 0.1) is 23.2 Å². The van der Waals surface area contributed by atoms with Crippen LogP contribution in [0.15, 0.2) is 30.0 Å². The third-order valence-corrected chi connectivity index (χ3v) is 4.02. The first kappa shape index (κ1) is 11.4. The second-order valence-electron chi connectivity index (χ2n) is 4.83. The number of hydrogen-bond acceptors (Lipinski definition) is 3. The molecule has 92 valence electrons. The predicted molar refractivity (Wildman–Crippen MR) is 67.5 cm³/mol. The van der Waals surface area contributed by atoms with Crippen molar-refractivity contribution in [2.75, 3.05) is 0 Å². The summed E-state index contributed by atoms with van der Waals surface area (Å²) in [6.45, 7) is 0. The van der Waals surface area contributed by atoms with Crippen molar-refractivity contribution in [3.63, 3.8) is 0 Å². The van der Waals surface area contributed by atoms with Gasteiger partial charge in [0.05, 0.1) is 16.3 Å². The Morgan fingerprint density at radius 3 is 2.78 bits per heavy atom. The number of benzene rings is 1. The quantitative estimate of drug-likeness (QED) is 0.887. The van der Waals surface area contributed by atoms with Crippen LogP contribution in [-0.4, -0.2) is 11.2 Å². The van der Waals surface area contributed by atoms with Crippen molar-refractivity contribution in [3.05, 3.63) is 40.6 Å². The van der Waals surface area contributed by atoms with Gasteiger partial charge in [-0.05, 0) is 31.1 Å². The summed E-state index contributed by atoms with van der Waals surface area (Å²) in [7, 11) is 0. The molecule has 0 spiro atoms. The van der Waals surface area contributed by atoms with E-state index in [1.165, 1.54) is 0 Å². The molecule has 2 aliphatic carbocycles. The van der Waals surface area contributed by atoms with Gasteiger partial charge < -0.3 is 9.84 Å². The van der Waals surface area contributed by atoms with Gasteiger partial charge in [-0.1, -0.05) is 11.6 Å². The molecular weight excluding hydrogens is 250 g/mol. The maximum Gasteiger partial charge on any atom is 0.121 e. The summed E-state index contributed by atoms with van der Waals surface area (Å²) < 4.78 is 5.89. The highest BCUT2D eigenvalue weighted by atomic mass is 35.5. The maximum atomic E-state index is 9.56. The number of hydrogen-bond donors (Lipinski definition) is 1. The zero-order chi connectivity index (χ0) is 12.7. The molecule has 0 amide bonds. The van der Waals surface area contributed by atoms with E-state index in [1.54, 1.807) is 18.2 Å². The van der Waals surface area contributed by atoms with Crippen molar-refractivity contribution in [2.24, 2.45) is 11.8 Å². The monoisotopic (exact) mass is 261 g/mol. The van der Waals surface area contributed by atoms with Gasteiger partial charge in [0.15, 0.2) is 0 Å². The van der Waals surface area contributed by atoms with Crippen LogP contribution in [0.2, 0.25) is 5.02 Å². The van der Waals surface area contributed by atoms with Crippen molar-refractivity contribution in [2.45, 2.75) is 18.9 Å². The fourth-order valence-corrected chi connectivity index (χ4v) is 2.99. The van der Waals surface area contributed by atoms with Crippen LogP contribution < -0.4 is 4.74 Å². The molecule has 1 N–H and O–H groups in total. The van der Waals surface area contributed by atoms with E-state index in [1.807, 2.05) is 12.1 Å². The van der Waals surface area contributed by atoms with Crippen LogP contribution in [0.5, 0.6) is 5.75 Å². The summed E-state index contributed by atoms with van der Waals surface area (Å²) in [5.74, 6) is 1.75. The normalized spacial score (nSPS) is 28.9. The SMILES string of the molecule is N#Cc1ccc(OC2C[C@@H]3C[C@H]2C=C3O)cc1Cl. The van der Waals surface area contributed by atoms with Gasteiger partial charge in [-0.25, -0.2) is 0 Å². The number of nitriles is 1. The highest BCUT2D eigenvalue weighted by molar-refractivity contribution is 6.31. The van der Waals surface area contributed by atoms with Gasteiger partial charge in [-0.3, -0.25) is 0 Å². The number of aliphatic hydroxyl groups is 1. The second kappa shape index (κ2) is 4.22. The molecule has 1 saturated carbocycles. The van der Waals surface area contributed by atoms with Gasteiger partial charge in [0.25, 0.3) is 0 Å². The Morgan fingerprint density at radius 1 is 1.39 bits per heavy atom. The first-order valence-electron chi connectivity index (χ1n) is 5.94. The topological polar surface area (TPSA) is 53.2 Å². The van der Waals surface area contributed by atoms with Gasteiger partial charge >= 0.3 is 0 Å². The minimum atomic E-state index is 0.106. The van der Waals surface area contributed by atoms with E-state index in [4.69, 9.17) is 21.6 Å². The molecule has 0 aliphatic heterocycles. The molecule has 2 aliphatic rings. The van der Waals surface area contributed by atoms with Gasteiger partial charge in [0.2, 0.25) is 0 Å². The minimum absolute atomic E-state index is 0.106. The smallest absolute Gasteiger partial charge is 0.121 e. The number of aliphatic hydroxyl groups excluding tert-OH is 1. The molecule has 0 aromatic heterocycles. The zero-order valence-electron chi connectivity index (χ0n) is 9.64. The zero-order valence-corrected chi connectivity index (χ0v) is 10.4. The van der Waals surface area contributed by atoms with Crippen molar-refractivity contribution < 1.29 is 9.84 Å². The summed E-state index contributed by atoms with van der Waals surface area (Å²) in [4.78, 5) is 0. The number of nitrogens with zero attached hydrogens (tertiary/aromatic N) is 1. The van der Waals surface area contributed by atoms with Crippen LogP contribution in [0.4, 0.5) is 0 Å². The van der Waals surface area contributed by atoms with Gasteiger partial charge in [-0.15, -0.1) is 0 Å². The van der Waals surface area contributed by atoms with E-state index in [9.17, 15) is 5.11 Å². The summed E-state index contributed by atoms with van der Waals surface area (Å²) >= 11 is 5.96. The number of halogens is 1. The summed E-state index contributed by atoms with van der Waals surface area (Å²) in [5.41, 5.74) is 0.453. The molecule has 1 unspecified atom stereocenters. The standard InChI is InChI=1S/C14H12ClNO2/c15-12-6-11(2-1-8(12)7-16)18-14-5-9-3-10(14)4-13(9)17/h1-2,4,6,9-10,14,17H,3,5H2/t9-,10-,14?/m0/s1. The Morgan fingerprint density at radius 2 is 2.22 bits per heavy atom. The lowest BCUT2D eigenvalue weighted by Gasteiger charge is -2.21. The van der Waals surface area contributed by atoms with Crippen LogP contribution in [-0.2, 0) is 0 Å². The second-order valence-corrected chi connectivity index (χ2v) is 5.24. The molecule has 0 heterocycles.